The Balaban J connectivity index is 1.50. The first-order valence-corrected chi connectivity index (χ1v) is 10.8. The molecule has 168 valence electrons. The lowest BCUT2D eigenvalue weighted by Crippen LogP contribution is -2.31. The summed E-state index contributed by atoms with van der Waals surface area (Å²) in [5, 5.41) is 0.911. The second kappa shape index (κ2) is 8.64. The summed E-state index contributed by atoms with van der Waals surface area (Å²) in [6.45, 7) is 3.78. The Kier molecular flexibility index (Phi) is 5.52. The van der Waals surface area contributed by atoms with Gasteiger partial charge in [-0.3, -0.25) is 4.90 Å². The molecule has 0 unspecified atom stereocenters. The number of fused-ring (bicyclic) bond motifs is 3. The van der Waals surface area contributed by atoms with E-state index in [1.165, 1.54) is 0 Å². The lowest BCUT2D eigenvalue weighted by Gasteiger charge is -2.29. The van der Waals surface area contributed by atoms with Crippen molar-refractivity contribution in [3.8, 4) is 28.4 Å². The predicted molar refractivity (Wildman–Crippen MR) is 127 cm³/mol. The van der Waals surface area contributed by atoms with Crippen LogP contribution >= 0.6 is 0 Å². The maximum absolute atomic E-state index is 13.1. The molecular weight excluding hydrogens is 418 g/mol. The molecule has 0 radical (unpaired) electrons. The third kappa shape index (κ3) is 3.94. The largest absolute Gasteiger partial charge is 0.497 e. The minimum Gasteiger partial charge on any atom is -0.497 e. The summed E-state index contributed by atoms with van der Waals surface area (Å²) in [4.78, 5) is 15.2. The van der Waals surface area contributed by atoms with E-state index >= 15 is 0 Å². The summed E-state index contributed by atoms with van der Waals surface area (Å²) in [6, 6.07) is 19.4. The number of benzene rings is 3. The van der Waals surface area contributed by atoms with Crippen molar-refractivity contribution >= 4 is 11.0 Å². The minimum atomic E-state index is -0.356. The first kappa shape index (κ1) is 21.1. The van der Waals surface area contributed by atoms with Gasteiger partial charge >= 0.3 is 5.63 Å². The normalized spacial score (nSPS) is 13.4. The molecule has 3 aromatic carbocycles. The Morgan fingerprint density at radius 3 is 2.24 bits per heavy atom. The van der Waals surface area contributed by atoms with Crippen molar-refractivity contribution in [2.45, 2.75) is 20.0 Å². The Bertz CT molecular complexity index is 1360. The van der Waals surface area contributed by atoms with Gasteiger partial charge in [0.05, 0.1) is 25.3 Å². The summed E-state index contributed by atoms with van der Waals surface area (Å²) in [6.07, 6.45) is 0. The van der Waals surface area contributed by atoms with Crippen LogP contribution in [0.2, 0.25) is 0 Å². The van der Waals surface area contributed by atoms with Gasteiger partial charge in [-0.05, 0) is 60.0 Å². The molecule has 0 amide bonds. The van der Waals surface area contributed by atoms with Crippen LogP contribution in [-0.4, -0.2) is 25.9 Å². The van der Waals surface area contributed by atoms with Gasteiger partial charge in [0.25, 0.3) is 0 Å². The smallest absolute Gasteiger partial charge is 0.344 e. The minimum absolute atomic E-state index is 0.356. The highest BCUT2D eigenvalue weighted by atomic mass is 16.5. The fourth-order valence-corrected chi connectivity index (χ4v) is 4.35. The van der Waals surface area contributed by atoms with Gasteiger partial charge in [-0.15, -0.1) is 0 Å². The lowest BCUT2D eigenvalue weighted by molar-refractivity contribution is 0.0889. The third-order valence-corrected chi connectivity index (χ3v) is 6.12. The van der Waals surface area contributed by atoms with Crippen LogP contribution in [0.1, 0.15) is 16.7 Å². The average molecular weight is 443 g/mol. The van der Waals surface area contributed by atoms with Crippen molar-refractivity contribution in [1.82, 2.24) is 4.90 Å². The highest BCUT2D eigenvalue weighted by molar-refractivity contribution is 5.90. The molecule has 4 aromatic rings. The zero-order valence-corrected chi connectivity index (χ0v) is 18.9. The van der Waals surface area contributed by atoms with Gasteiger partial charge in [-0.25, -0.2) is 4.79 Å². The zero-order valence-electron chi connectivity index (χ0n) is 18.9. The number of hydrogen-bond donors (Lipinski definition) is 0. The molecular formula is C27H25NO5. The van der Waals surface area contributed by atoms with Crippen molar-refractivity contribution in [3.05, 3.63) is 87.8 Å². The molecule has 0 fully saturated rings. The molecule has 6 heteroatoms. The van der Waals surface area contributed by atoms with Crippen molar-refractivity contribution in [2.24, 2.45) is 0 Å². The molecule has 5 rings (SSSR count). The number of aryl methyl sites for hydroxylation is 1. The summed E-state index contributed by atoms with van der Waals surface area (Å²) >= 11 is 0. The molecule has 0 bridgehead atoms. The van der Waals surface area contributed by atoms with Crippen molar-refractivity contribution < 1.29 is 18.6 Å². The highest BCUT2D eigenvalue weighted by Crippen LogP contribution is 2.36. The summed E-state index contributed by atoms with van der Waals surface area (Å²) in [5.74, 6) is 2.33. The Hall–Kier alpha value is -3.77. The van der Waals surface area contributed by atoms with Gasteiger partial charge in [-0.2, -0.15) is 0 Å². The molecule has 1 aromatic heterocycles. The maximum Gasteiger partial charge on any atom is 0.344 e. The lowest BCUT2D eigenvalue weighted by atomic mass is 9.97. The predicted octanol–water partition coefficient (Wildman–Crippen LogP) is 5.14. The quantitative estimate of drug-likeness (QED) is 0.398. The van der Waals surface area contributed by atoms with Crippen LogP contribution in [0.25, 0.3) is 22.1 Å². The van der Waals surface area contributed by atoms with Crippen LogP contribution in [0.4, 0.5) is 0 Å². The molecule has 1 aliphatic rings. The fourth-order valence-electron chi connectivity index (χ4n) is 4.35. The van der Waals surface area contributed by atoms with Crippen LogP contribution in [0.3, 0.4) is 0 Å². The summed E-state index contributed by atoms with van der Waals surface area (Å²) < 4.78 is 22.4. The van der Waals surface area contributed by atoms with Crippen LogP contribution in [0, 0.1) is 6.92 Å². The van der Waals surface area contributed by atoms with E-state index in [2.05, 4.69) is 4.90 Å². The Labute approximate surface area is 191 Å². The van der Waals surface area contributed by atoms with Crippen LogP contribution in [0.15, 0.2) is 69.9 Å². The zero-order chi connectivity index (χ0) is 22.9. The van der Waals surface area contributed by atoms with Crippen molar-refractivity contribution in [1.29, 1.82) is 0 Å². The van der Waals surface area contributed by atoms with E-state index in [0.717, 1.165) is 44.9 Å². The second-order valence-electron chi connectivity index (χ2n) is 8.15. The number of methoxy groups -OCH3 is 2. The van der Waals surface area contributed by atoms with Gasteiger partial charge in [0.15, 0.2) is 0 Å². The third-order valence-electron chi connectivity index (χ3n) is 6.12. The molecule has 0 saturated heterocycles. The van der Waals surface area contributed by atoms with E-state index in [1.54, 1.807) is 14.2 Å². The molecule has 0 N–H and O–H groups in total. The monoisotopic (exact) mass is 443 g/mol. The van der Waals surface area contributed by atoms with E-state index in [4.69, 9.17) is 18.6 Å². The van der Waals surface area contributed by atoms with Gasteiger partial charge in [0.2, 0.25) is 0 Å². The molecule has 33 heavy (non-hydrogen) atoms. The Morgan fingerprint density at radius 1 is 0.909 bits per heavy atom. The molecule has 0 aliphatic carbocycles. The van der Waals surface area contributed by atoms with E-state index in [9.17, 15) is 4.79 Å². The summed E-state index contributed by atoms with van der Waals surface area (Å²) in [7, 11) is 3.28. The van der Waals surface area contributed by atoms with E-state index < -0.39 is 0 Å². The van der Waals surface area contributed by atoms with Gasteiger partial charge in [0, 0.05) is 18.5 Å². The van der Waals surface area contributed by atoms with Crippen molar-refractivity contribution in [2.75, 3.05) is 21.0 Å². The first-order chi connectivity index (χ1) is 16.1. The number of ether oxygens (including phenoxy) is 3. The molecule has 6 nitrogen and oxygen atoms in total. The molecule has 0 atom stereocenters. The molecule has 2 heterocycles. The molecule has 1 aliphatic heterocycles. The fraction of sp³-hybridized carbons (Fsp3) is 0.222. The van der Waals surface area contributed by atoms with E-state index in [1.807, 2.05) is 67.6 Å². The highest BCUT2D eigenvalue weighted by Gasteiger charge is 2.24. The van der Waals surface area contributed by atoms with E-state index in [0.29, 0.717) is 31.0 Å². The molecule has 0 spiro atoms. The van der Waals surface area contributed by atoms with E-state index in [-0.39, 0.29) is 5.63 Å². The number of hydrogen-bond acceptors (Lipinski definition) is 6. The van der Waals surface area contributed by atoms with Crippen molar-refractivity contribution in [3.63, 3.8) is 0 Å². The van der Waals surface area contributed by atoms with Gasteiger partial charge in [-0.1, -0.05) is 24.3 Å². The molecule has 0 saturated carbocycles. The Morgan fingerprint density at radius 2 is 1.58 bits per heavy atom. The topological polar surface area (TPSA) is 61.1 Å². The van der Waals surface area contributed by atoms with Crippen LogP contribution in [0.5, 0.6) is 17.2 Å². The average Bonchev–Trinajstić information content (AvgIpc) is 2.85. The van der Waals surface area contributed by atoms with Gasteiger partial charge < -0.3 is 18.6 Å². The summed E-state index contributed by atoms with van der Waals surface area (Å²) in [5.41, 5.74) is 4.55. The standard InChI is InChI=1S/C27H25NO5/c1-17-22-12-13-24-23(15-28(16-32-24)14-18-4-8-20(30-2)9-5-18)26(22)33-27(29)25(17)19-6-10-21(31-3)11-7-19/h4-13H,14-16H2,1-3H3. The second-order valence-corrected chi connectivity index (χ2v) is 8.15. The maximum atomic E-state index is 13.1. The van der Waals surface area contributed by atoms with Gasteiger partial charge in [0.1, 0.15) is 29.6 Å². The first-order valence-electron chi connectivity index (χ1n) is 10.8. The number of rotatable bonds is 5. The number of nitrogens with zero attached hydrogens (tertiary/aromatic N) is 1. The SMILES string of the molecule is COc1ccc(CN2COc3ccc4c(C)c(-c5ccc(OC)cc5)c(=O)oc4c3C2)cc1. The van der Waals surface area contributed by atoms with Crippen LogP contribution in [-0.2, 0) is 13.1 Å². The van der Waals surface area contributed by atoms with Crippen LogP contribution < -0.4 is 19.8 Å².